The molecule has 4 rings (SSSR count). The molecule has 7 nitrogen and oxygen atoms in total. The van der Waals surface area contributed by atoms with E-state index in [0.29, 0.717) is 25.3 Å². The largest absolute Gasteiger partial charge is 0.383 e. The Balaban J connectivity index is 1.64. The number of ether oxygens (including phenoxy) is 1. The van der Waals surface area contributed by atoms with E-state index in [1.54, 1.807) is 22.4 Å². The van der Waals surface area contributed by atoms with Crippen molar-refractivity contribution >= 4 is 17.1 Å². The van der Waals surface area contributed by atoms with Crippen molar-refractivity contribution in [2.45, 2.75) is 38.3 Å². The maximum atomic E-state index is 13.1. The minimum atomic E-state index is -0.0671. The van der Waals surface area contributed by atoms with Crippen LogP contribution in [0.3, 0.4) is 0 Å². The molecule has 0 aromatic carbocycles. The maximum Gasteiger partial charge on any atom is 0.330 e. The number of amides is 1. The molecule has 2 aromatic heterocycles. The van der Waals surface area contributed by atoms with E-state index in [1.165, 1.54) is 0 Å². The second kappa shape index (κ2) is 7.68. The smallest absolute Gasteiger partial charge is 0.330 e. The van der Waals surface area contributed by atoms with Gasteiger partial charge in [0.15, 0.2) is 5.65 Å². The monoisotopic (exact) mass is 370 g/mol. The lowest BCUT2D eigenvalue weighted by atomic mass is 10.0. The fourth-order valence-electron chi connectivity index (χ4n) is 4.28. The summed E-state index contributed by atoms with van der Waals surface area (Å²) >= 11 is 0. The topological polar surface area (TPSA) is 69.4 Å². The van der Waals surface area contributed by atoms with Crippen molar-refractivity contribution in [3.63, 3.8) is 0 Å². The standard InChI is InChI=1S/C20H26N4O3/c1-27-13-12-23-17-9-4-10-21-18(17)24(20(23)26)16-8-5-11-22(14-16)19(25)15-6-2-3-7-15/h2-4,9-10,15-16H,5-8,11-14H2,1H3/t16-/m0/s1. The normalized spacial score (nSPS) is 20.6. The Labute approximate surface area is 158 Å². The number of hydrogen-bond donors (Lipinski definition) is 0. The van der Waals surface area contributed by atoms with Crippen LogP contribution in [0.4, 0.5) is 0 Å². The molecule has 7 heteroatoms. The zero-order chi connectivity index (χ0) is 18.8. The molecule has 1 saturated heterocycles. The number of rotatable bonds is 5. The number of carbonyl (C=O) groups is 1. The lowest BCUT2D eigenvalue weighted by molar-refractivity contribution is -0.136. The van der Waals surface area contributed by atoms with Crippen LogP contribution < -0.4 is 5.69 Å². The summed E-state index contributed by atoms with van der Waals surface area (Å²) in [5.41, 5.74) is 1.45. The summed E-state index contributed by atoms with van der Waals surface area (Å²) in [6.07, 6.45) is 9.33. The van der Waals surface area contributed by atoms with E-state index in [-0.39, 0.29) is 23.6 Å². The van der Waals surface area contributed by atoms with Crippen LogP contribution in [0, 0.1) is 5.92 Å². The number of fused-ring (bicyclic) bond motifs is 1. The molecule has 2 aromatic rings. The number of imidazole rings is 1. The summed E-state index contributed by atoms with van der Waals surface area (Å²) in [7, 11) is 1.63. The van der Waals surface area contributed by atoms with Gasteiger partial charge < -0.3 is 9.64 Å². The van der Waals surface area contributed by atoms with E-state index in [0.717, 1.165) is 37.7 Å². The van der Waals surface area contributed by atoms with Crippen molar-refractivity contribution < 1.29 is 9.53 Å². The quantitative estimate of drug-likeness (QED) is 0.755. The first-order valence-corrected chi connectivity index (χ1v) is 9.69. The van der Waals surface area contributed by atoms with Crippen LogP contribution in [-0.4, -0.2) is 51.7 Å². The Morgan fingerprint density at radius 2 is 2.15 bits per heavy atom. The number of nitrogens with zero attached hydrogens (tertiary/aromatic N) is 4. The van der Waals surface area contributed by atoms with Crippen LogP contribution in [0.15, 0.2) is 35.3 Å². The van der Waals surface area contributed by atoms with Crippen LogP contribution in [0.1, 0.15) is 31.7 Å². The molecule has 1 fully saturated rings. The van der Waals surface area contributed by atoms with Gasteiger partial charge in [0.05, 0.1) is 24.7 Å². The van der Waals surface area contributed by atoms with Crippen LogP contribution in [0.25, 0.3) is 11.2 Å². The van der Waals surface area contributed by atoms with Crippen molar-refractivity contribution in [1.82, 2.24) is 19.0 Å². The zero-order valence-corrected chi connectivity index (χ0v) is 15.7. The minimum absolute atomic E-state index is 0.0363. The van der Waals surface area contributed by atoms with Gasteiger partial charge in [-0.3, -0.25) is 13.9 Å². The van der Waals surface area contributed by atoms with Gasteiger partial charge in [0.25, 0.3) is 0 Å². The summed E-state index contributed by atoms with van der Waals surface area (Å²) in [6.45, 7) is 2.32. The molecular formula is C20H26N4O3. The Kier molecular flexibility index (Phi) is 5.11. The number of methoxy groups -OCH3 is 1. The first-order valence-electron chi connectivity index (χ1n) is 9.69. The highest BCUT2D eigenvalue weighted by Crippen LogP contribution is 2.27. The van der Waals surface area contributed by atoms with Gasteiger partial charge in [0.1, 0.15) is 0 Å². The van der Waals surface area contributed by atoms with Crippen molar-refractivity contribution in [2.24, 2.45) is 5.92 Å². The van der Waals surface area contributed by atoms with Gasteiger partial charge in [0, 0.05) is 32.3 Å². The van der Waals surface area contributed by atoms with Crippen molar-refractivity contribution in [1.29, 1.82) is 0 Å². The molecule has 0 N–H and O–H groups in total. The van der Waals surface area contributed by atoms with Gasteiger partial charge in [-0.15, -0.1) is 0 Å². The van der Waals surface area contributed by atoms with Gasteiger partial charge in [0.2, 0.25) is 5.91 Å². The molecule has 1 aliphatic carbocycles. The SMILES string of the molecule is COCCn1c(=O)n([C@H]2CCCN(C(=O)C3CC=CC3)C2)c2ncccc21. The lowest BCUT2D eigenvalue weighted by Gasteiger charge is -2.34. The molecule has 0 spiro atoms. The molecule has 144 valence electrons. The van der Waals surface area contributed by atoms with Crippen molar-refractivity contribution in [3.05, 3.63) is 41.0 Å². The summed E-state index contributed by atoms with van der Waals surface area (Å²) in [4.78, 5) is 32.4. The van der Waals surface area contributed by atoms with E-state index in [1.807, 2.05) is 17.0 Å². The Hall–Kier alpha value is -2.41. The first-order chi connectivity index (χ1) is 13.2. The third-order valence-electron chi connectivity index (χ3n) is 5.67. The third kappa shape index (κ3) is 3.32. The molecule has 1 amide bonds. The number of carbonyl (C=O) groups excluding carboxylic acids is 1. The number of aromatic nitrogens is 3. The van der Waals surface area contributed by atoms with E-state index in [2.05, 4.69) is 17.1 Å². The summed E-state index contributed by atoms with van der Waals surface area (Å²) < 4.78 is 8.68. The van der Waals surface area contributed by atoms with Crippen LogP contribution in [-0.2, 0) is 16.1 Å². The van der Waals surface area contributed by atoms with Gasteiger partial charge in [-0.25, -0.2) is 9.78 Å². The molecule has 1 atom stereocenters. The van der Waals surface area contributed by atoms with E-state index >= 15 is 0 Å². The molecule has 0 bridgehead atoms. The summed E-state index contributed by atoms with van der Waals surface area (Å²) in [5.74, 6) is 0.287. The van der Waals surface area contributed by atoms with Crippen LogP contribution in [0.2, 0.25) is 0 Å². The molecule has 0 saturated carbocycles. The number of pyridine rings is 1. The maximum absolute atomic E-state index is 13.1. The summed E-state index contributed by atoms with van der Waals surface area (Å²) in [6, 6.07) is 3.73. The molecule has 2 aliphatic rings. The number of allylic oxidation sites excluding steroid dienone is 2. The van der Waals surface area contributed by atoms with E-state index in [9.17, 15) is 9.59 Å². The van der Waals surface area contributed by atoms with Gasteiger partial charge in [-0.1, -0.05) is 12.2 Å². The number of piperidine rings is 1. The molecule has 27 heavy (non-hydrogen) atoms. The van der Waals surface area contributed by atoms with Crippen LogP contribution >= 0.6 is 0 Å². The second-order valence-corrected chi connectivity index (χ2v) is 7.36. The van der Waals surface area contributed by atoms with Gasteiger partial charge in [-0.05, 0) is 37.8 Å². The molecule has 0 unspecified atom stereocenters. The lowest BCUT2D eigenvalue weighted by Crippen LogP contribution is -2.45. The molecule has 1 aliphatic heterocycles. The fourth-order valence-corrected chi connectivity index (χ4v) is 4.28. The zero-order valence-electron chi connectivity index (χ0n) is 15.7. The van der Waals surface area contributed by atoms with E-state index < -0.39 is 0 Å². The third-order valence-corrected chi connectivity index (χ3v) is 5.67. The predicted molar refractivity (Wildman–Crippen MR) is 103 cm³/mol. The number of hydrogen-bond acceptors (Lipinski definition) is 4. The Morgan fingerprint density at radius 3 is 2.93 bits per heavy atom. The first kappa shape index (κ1) is 18.0. The van der Waals surface area contributed by atoms with Gasteiger partial charge >= 0.3 is 5.69 Å². The van der Waals surface area contributed by atoms with E-state index in [4.69, 9.17) is 4.74 Å². The Morgan fingerprint density at radius 1 is 1.33 bits per heavy atom. The highest BCUT2D eigenvalue weighted by Gasteiger charge is 2.31. The average Bonchev–Trinajstić information content (AvgIpc) is 3.32. The van der Waals surface area contributed by atoms with Gasteiger partial charge in [-0.2, -0.15) is 0 Å². The molecular weight excluding hydrogens is 344 g/mol. The average molecular weight is 370 g/mol. The van der Waals surface area contributed by atoms with Crippen molar-refractivity contribution in [2.75, 3.05) is 26.8 Å². The highest BCUT2D eigenvalue weighted by atomic mass is 16.5. The highest BCUT2D eigenvalue weighted by molar-refractivity contribution is 5.80. The molecule has 3 heterocycles. The van der Waals surface area contributed by atoms with Crippen LogP contribution in [0.5, 0.6) is 0 Å². The minimum Gasteiger partial charge on any atom is -0.383 e. The van der Waals surface area contributed by atoms with Crippen molar-refractivity contribution in [3.8, 4) is 0 Å². The Bertz CT molecular complexity index is 906. The molecule has 0 radical (unpaired) electrons. The number of likely N-dealkylation sites (tertiary alicyclic amines) is 1. The second-order valence-electron chi connectivity index (χ2n) is 7.36. The fraction of sp³-hybridized carbons (Fsp3) is 0.550. The predicted octanol–water partition coefficient (Wildman–Crippen LogP) is 1.97. The summed E-state index contributed by atoms with van der Waals surface area (Å²) in [5, 5.41) is 0.